The molecule has 0 radical (unpaired) electrons. The van der Waals surface area contributed by atoms with Gasteiger partial charge in [0.1, 0.15) is 18.0 Å². The van der Waals surface area contributed by atoms with Crippen molar-refractivity contribution in [2.75, 3.05) is 43.0 Å². The summed E-state index contributed by atoms with van der Waals surface area (Å²) in [6.45, 7) is 3.52. The molecule has 202 valence electrons. The van der Waals surface area contributed by atoms with Crippen LogP contribution >= 0.6 is 0 Å². The fraction of sp³-hybridized carbons (Fsp3) is 0.357. The van der Waals surface area contributed by atoms with E-state index >= 15 is 0 Å². The number of fused-ring (bicyclic) bond motifs is 1. The molecule has 0 aliphatic carbocycles. The predicted molar refractivity (Wildman–Crippen MR) is 144 cm³/mol. The first-order valence-corrected chi connectivity index (χ1v) is 13.2. The highest BCUT2D eigenvalue weighted by Crippen LogP contribution is 2.30. The molecule has 2 amide bonds. The largest absolute Gasteiger partial charge is 0.480 e. The third-order valence-electron chi connectivity index (χ3n) is 6.83. The number of hydrogen-bond donors (Lipinski definition) is 3. The van der Waals surface area contributed by atoms with Crippen LogP contribution in [-0.4, -0.2) is 67.0 Å². The van der Waals surface area contributed by atoms with Crippen molar-refractivity contribution in [2.24, 2.45) is 0 Å². The summed E-state index contributed by atoms with van der Waals surface area (Å²) in [5.41, 5.74) is 3.04. The van der Waals surface area contributed by atoms with E-state index in [0.717, 1.165) is 36.3 Å². The molecule has 2 fully saturated rings. The summed E-state index contributed by atoms with van der Waals surface area (Å²) in [4.78, 5) is 34.6. The standard InChI is InChI=1S/C28H30N6O5/c35-25-17-37-23-7-8-24(32-27(23)33-25)34-16-21(39-28(34)36)10-12-29-14-18-3-1-4-19(13-18)22-5-2-6-26(31-22)38-20-9-11-30-15-20/h1-8,13,20-21,29-30H,9-12,14-17H2,(H,32,33,35). The number of ether oxygens (including phenoxy) is 3. The third-order valence-corrected chi connectivity index (χ3v) is 6.83. The smallest absolute Gasteiger partial charge is 0.415 e. The number of carbonyl (C=O) groups excluding carboxylic acids is 2. The van der Waals surface area contributed by atoms with Crippen molar-refractivity contribution in [1.82, 2.24) is 20.6 Å². The summed E-state index contributed by atoms with van der Waals surface area (Å²) >= 11 is 0. The Morgan fingerprint density at radius 1 is 1.10 bits per heavy atom. The summed E-state index contributed by atoms with van der Waals surface area (Å²) in [5, 5.41) is 9.41. The number of nitrogens with one attached hydrogen (secondary N) is 3. The molecular weight excluding hydrogens is 500 g/mol. The first-order valence-electron chi connectivity index (χ1n) is 13.2. The van der Waals surface area contributed by atoms with Crippen molar-refractivity contribution in [1.29, 1.82) is 0 Å². The molecule has 2 atom stereocenters. The van der Waals surface area contributed by atoms with Crippen LogP contribution in [0.4, 0.5) is 16.4 Å². The maximum atomic E-state index is 12.5. The first-order chi connectivity index (χ1) is 19.1. The van der Waals surface area contributed by atoms with Crippen molar-refractivity contribution in [3.05, 3.63) is 60.2 Å². The van der Waals surface area contributed by atoms with Gasteiger partial charge in [-0.25, -0.2) is 14.8 Å². The number of hydrogen-bond acceptors (Lipinski definition) is 9. The lowest BCUT2D eigenvalue weighted by atomic mass is 10.1. The SMILES string of the molecule is O=C1COc2ccc(N3CC(CCNCc4cccc(-c5cccc(OC6CCNC6)n5)c4)OC3=O)nc2N1. The number of cyclic esters (lactones) is 1. The van der Waals surface area contributed by atoms with Gasteiger partial charge in [0.05, 0.1) is 12.2 Å². The summed E-state index contributed by atoms with van der Waals surface area (Å²) in [5.74, 6) is 1.58. The highest BCUT2D eigenvalue weighted by Gasteiger charge is 2.33. The summed E-state index contributed by atoms with van der Waals surface area (Å²) in [6.07, 6.45) is 1.10. The summed E-state index contributed by atoms with van der Waals surface area (Å²) in [6, 6.07) is 17.5. The Bertz CT molecular complexity index is 1360. The fourth-order valence-electron chi connectivity index (χ4n) is 4.84. The summed E-state index contributed by atoms with van der Waals surface area (Å²) < 4.78 is 16.9. The van der Waals surface area contributed by atoms with Gasteiger partial charge in [-0.15, -0.1) is 0 Å². The second-order valence-electron chi connectivity index (χ2n) is 9.73. The number of pyridine rings is 2. The molecule has 2 aromatic heterocycles. The highest BCUT2D eigenvalue weighted by atomic mass is 16.6. The van der Waals surface area contributed by atoms with Crippen LogP contribution in [0.5, 0.6) is 11.6 Å². The van der Waals surface area contributed by atoms with Crippen LogP contribution in [0.2, 0.25) is 0 Å². The molecule has 3 N–H and O–H groups in total. The number of aromatic nitrogens is 2. The second kappa shape index (κ2) is 11.3. The van der Waals surface area contributed by atoms with Crippen LogP contribution in [-0.2, 0) is 16.1 Å². The molecule has 11 heteroatoms. The van der Waals surface area contributed by atoms with Crippen molar-refractivity contribution in [3.8, 4) is 22.9 Å². The minimum absolute atomic E-state index is 0.0450. The zero-order valence-corrected chi connectivity index (χ0v) is 21.4. The van der Waals surface area contributed by atoms with Crippen molar-refractivity contribution in [2.45, 2.75) is 31.6 Å². The number of rotatable bonds is 9. The van der Waals surface area contributed by atoms with Crippen LogP contribution in [0.25, 0.3) is 11.3 Å². The van der Waals surface area contributed by atoms with E-state index in [0.29, 0.717) is 49.3 Å². The molecule has 2 unspecified atom stereocenters. The molecule has 2 saturated heterocycles. The van der Waals surface area contributed by atoms with Crippen molar-refractivity contribution >= 4 is 23.6 Å². The lowest BCUT2D eigenvalue weighted by Crippen LogP contribution is -2.29. The maximum Gasteiger partial charge on any atom is 0.415 e. The van der Waals surface area contributed by atoms with E-state index in [4.69, 9.17) is 19.2 Å². The first kappa shape index (κ1) is 25.1. The van der Waals surface area contributed by atoms with Gasteiger partial charge in [-0.1, -0.05) is 24.3 Å². The lowest BCUT2D eigenvalue weighted by Gasteiger charge is -2.19. The maximum absolute atomic E-state index is 12.5. The van der Waals surface area contributed by atoms with Gasteiger partial charge < -0.3 is 30.2 Å². The number of benzene rings is 1. The van der Waals surface area contributed by atoms with E-state index in [1.165, 1.54) is 4.90 Å². The van der Waals surface area contributed by atoms with Crippen LogP contribution in [0.1, 0.15) is 18.4 Å². The fourth-order valence-corrected chi connectivity index (χ4v) is 4.84. The quantitative estimate of drug-likeness (QED) is 0.358. The van der Waals surface area contributed by atoms with Gasteiger partial charge in [0, 0.05) is 24.7 Å². The van der Waals surface area contributed by atoms with Gasteiger partial charge in [-0.2, -0.15) is 0 Å². The Labute approximate surface area is 225 Å². The monoisotopic (exact) mass is 530 g/mol. The summed E-state index contributed by atoms with van der Waals surface area (Å²) in [7, 11) is 0. The number of amides is 2. The molecule has 0 bridgehead atoms. The van der Waals surface area contributed by atoms with Crippen molar-refractivity contribution in [3.63, 3.8) is 0 Å². The lowest BCUT2D eigenvalue weighted by molar-refractivity contribution is -0.118. The molecule has 0 saturated carbocycles. The Morgan fingerprint density at radius 3 is 2.92 bits per heavy atom. The minimum Gasteiger partial charge on any atom is -0.480 e. The molecular formula is C28H30N6O5. The second-order valence-corrected chi connectivity index (χ2v) is 9.73. The average Bonchev–Trinajstić information content (AvgIpc) is 3.60. The van der Waals surface area contributed by atoms with E-state index < -0.39 is 6.09 Å². The van der Waals surface area contributed by atoms with E-state index in [1.807, 2.05) is 30.3 Å². The third kappa shape index (κ3) is 5.94. The predicted octanol–water partition coefficient (Wildman–Crippen LogP) is 2.72. The zero-order valence-electron chi connectivity index (χ0n) is 21.4. The molecule has 3 aliphatic heterocycles. The van der Waals surface area contributed by atoms with Crippen LogP contribution in [0, 0.1) is 0 Å². The van der Waals surface area contributed by atoms with Crippen molar-refractivity contribution < 1.29 is 23.8 Å². The van der Waals surface area contributed by atoms with Crippen LogP contribution < -0.4 is 30.3 Å². The molecule has 5 heterocycles. The Balaban J connectivity index is 1.000. The Hall–Kier alpha value is -4.22. The van der Waals surface area contributed by atoms with E-state index in [9.17, 15) is 9.59 Å². The number of nitrogens with zero attached hydrogens (tertiary/aromatic N) is 3. The Morgan fingerprint density at radius 2 is 2.03 bits per heavy atom. The Kier molecular flexibility index (Phi) is 7.24. The molecule has 11 nitrogen and oxygen atoms in total. The molecule has 3 aromatic rings. The van der Waals surface area contributed by atoms with Gasteiger partial charge >= 0.3 is 6.09 Å². The highest BCUT2D eigenvalue weighted by molar-refractivity contribution is 5.95. The number of anilines is 2. The van der Waals surface area contributed by atoms with Gasteiger partial charge in [-0.3, -0.25) is 9.69 Å². The molecule has 1 aromatic carbocycles. The minimum atomic E-state index is -0.453. The van der Waals surface area contributed by atoms with Crippen LogP contribution in [0.3, 0.4) is 0 Å². The molecule has 6 rings (SSSR count). The van der Waals surface area contributed by atoms with E-state index in [-0.39, 0.29) is 24.7 Å². The molecule has 39 heavy (non-hydrogen) atoms. The topological polar surface area (TPSA) is 127 Å². The van der Waals surface area contributed by atoms with Gasteiger partial charge in [-0.05, 0) is 55.8 Å². The zero-order chi connectivity index (χ0) is 26.6. The molecule has 0 spiro atoms. The molecule has 3 aliphatic rings. The van der Waals surface area contributed by atoms with E-state index in [2.05, 4.69) is 33.1 Å². The normalized spacial score (nSPS) is 20.3. The van der Waals surface area contributed by atoms with Crippen LogP contribution in [0.15, 0.2) is 54.6 Å². The average molecular weight is 531 g/mol. The van der Waals surface area contributed by atoms with Gasteiger partial charge in [0.15, 0.2) is 18.2 Å². The van der Waals surface area contributed by atoms with Gasteiger partial charge in [0.2, 0.25) is 5.88 Å². The van der Waals surface area contributed by atoms with E-state index in [1.54, 1.807) is 12.1 Å². The number of carbonyl (C=O) groups is 2. The van der Waals surface area contributed by atoms with Gasteiger partial charge in [0.25, 0.3) is 5.91 Å².